The van der Waals surface area contributed by atoms with Gasteiger partial charge in [0, 0.05) is 32.1 Å². The fourth-order valence-electron chi connectivity index (χ4n) is 4.42. The van der Waals surface area contributed by atoms with Crippen LogP contribution < -0.4 is 5.32 Å². The number of imidazole rings is 1. The Bertz CT molecular complexity index is 833. The number of rotatable bonds is 4. The molecule has 3 heterocycles. The van der Waals surface area contributed by atoms with Crippen molar-refractivity contribution in [2.45, 2.75) is 38.3 Å². The number of carboxylic acid groups (broad SMARTS) is 1. The van der Waals surface area contributed by atoms with Gasteiger partial charge in [-0.15, -0.1) is 0 Å². The Labute approximate surface area is 152 Å². The number of benzene rings is 1. The third-order valence-corrected chi connectivity index (χ3v) is 5.89. The second-order valence-electron chi connectivity index (χ2n) is 7.35. The van der Waals surface area contributed by atoms with Crippen LogP contribution in [0.25, 0.3) is 11.0 Å². The maximum absolute atomic E-state index is 12.7. The molecule has 1 aromatic carbocycles. The lowest BCUT2D eigenvalue weighted by molar-refractivity contribution is -0.159. The standard InChI is InChI=1S/C19H24N4O3/c24-17(7-11-23-13-21-14-4-1-2-5-15(14)23)22-10-6-16-19(12-22,18(25)26)8-3-9-20-16/h1-2,4-5,13,16,20H,3,6-12H2,(H,25,26)/t16-,19+/m1/s1. The number of carbonyl (C=O) groups excluding carboxylic acids is 1. The maximum atomic E-state index is 12.7. The summed E-state index contributed by atoms with van der Waals surface area (Å²) in [5.74, 6) is -0.764. The molecule has 1 aromatic heterocycles. The zero-order valence-electron chi connectivity index (χ0n) is 14.7. The first-order chi connectivity index (χ1) is 12.6. The van der Waals surface area contributed by atoms with E-state index in [0.29, 0.717) is 38.9 Å². The highest BCUT2D eigenvalue weighted by atomic mass is 16.4. The van der Waals surface area contributed by atoms with Crippen LogP contribution >= 0.6 is 0 Å². The number of amides is 1. The molecule has 26 heavy (non-hydrogen) atoms. The van der Waals surface area contributed by atoms with Crippen LogP contribution in [0.4, 0.5) is 0 Å². The Morgan fingerprint density at radius 1 is 1.35 bits per heavy atom. The Morgan fingerprint density at radius 2 is 2.19 bits per heavy atom. The van der Waals surface area contributed by atoms with Crippen LogP contribution in [0.2, 0.25) is 0 Å². The molecule has 2 atom stereocenters. The topological polar surface area (TPSA) is 87.5 Å². The van der Waals surface area contributed by atoms with Gasteiger partial charge in [-0.25, -0.2) is 4.98 Å². The number of para-hydroxylation sites is 2. The van der Waals surface area contributed by atoms with Gasteiger partial charge in [-0.2, -0.15) is 0 Å². The van der Waals surface area contributed by atoms with Crippen molar-refractivity contribution >= 4 is 22.9 Å². The Balaban J connectivity index is 1.44. The van der Waals surface area contributed by atoms with Crippen molar-refractivity contribution in [3.8, 4) is 0 Å². The molecule has 4 rings (SSSR count). The molecule has 0 aliphatic carbocycles. The quantitative estimate of drug-likeness (QED) is 0.866. The minimum absolute atomic E-state index is 0.0208. The lowest BCUT2D eigenvalue weighted by atomic mass is 9.70. The van der Waals surface area contributed by atoms with Crippen LogP contribution in [-0.2, 0) is 16.1 Å². The third kappa shape index (κ3) is 2.86. The second kappa shape index (κ2) is 6.72. The molecular weight excluding hydrogens is 332 g/mol. The molecule has 2 saturated heterocycles. The minimum atomic E-state index is -0.839. The molecule has 2 aromatic rings. The number of nitrogens with one attached hydrogen (secondary N) is 1. The van der Waals surface area contributed by atoms with Crippen LogP contribution in [0.3, 0.4) is 0 Å². The Kier molecular flexibility index (Phi) is 4.40. The van der Waals surface area contributed by atoms with Crippen molar-refractivity contribution in [1.29, 1.82) is 0 Å². The zero-order valence-corrected chi connectivity index (χ0v) is 14.7. The summed E-state index contributed by atoms with van der Waals surface area (Å²) >= 11 is 0. The summed E-state index contributed by atoms with van der Waals surface area (Å²) in [6.07, 6.45) is 4.29. The van der Waals surface area contributed by atoms with E-state index in [-0.39, 0.29) is 11.9 Å². The van der Waals surface area contributed by atoms with E-state index in [1.165, 1.54) is 0 Å². The number of piperidine rings is 2. The molecule has 2 aliphatic rings. The van der Waals surface area contributed by atoms with E-state index in [2.05, 4.69) is 10.3 Å². The van der Waals surface area contributed by atoms with E-state index in [4.69, 9.17) is 0 Å². The highest BCUT2D eigenvalue weighted by molar-refractivity contribution is 5.81. The maximum Gasteiger partial charge on any atom is 0.313 e. The first kappa shape index (κ1) is 17.0. The number of aromatic nitrogens is 2. The van der Waals surface area contributed by atoms with Crippen LogP contribution in [-0.4, -0.2) is 57.1 Å². The molecular formula is C19H24N4O3. The van der Waals surface area contributed by atoms with Crippen LogP contribution in [0.15, 0.2) is 30.6 Å². The summed E-state index contributed by atoms with van der Waals surface area (Å²) in [7, 11) is 0. The average molecular weight is 356 g/mol. The molecule has 2 N–H and O–H groups in total. The summed E-state index contributed by atoms with van der Waals surface area (Å²) in [5, 5.41) is 13.2. The van der Waals surface area contributed by atoms with Crippen molar-refractivity contribution in [2.24, 2.45) is 5.41 Å². The highest BCUT2D eigenvalue weighted by Gasteiger charge is 2.51. The van der Waals surface area contributed by atoms with Crippen molar-refractivity contribution in [3.05, 3.63) is 30.6 Å². The van der Waals surface area contributed by atoms with E-state index in [1.807, 2.05) is 28.8 Å². The van der Waals surface area contributed by atoms with Crippen molar-refractivity contribution in [3.63, 3.8) is 0 Å². The number of aliphatic carboxylic acids is 1. The number of nitrogens with zero attached hydrogens (tertiary/aromatic N) is 3. The lowest BCUT2D eigenvalue weighted by Gasteiger charge is -2.48. The van der Waals surface area contributed by atoms with Crippen LogP contribution in [0.5, 0.6) is 0 Å². The first-order valence-electron chi connectivity index (χ1n) is 9.24. The number of aryl methyl sites for hydroxylation is 1. The number of fused-ring (bicyclic) bond motifs is 2. The largest absolute Gasteiger partial charge is 0.481 e. The molecule has 7 nitrogen and oxygen atoms in total. The van der Waals surface area contributed by atoms with Gasteiger partial charge in [-0.1, -0.05) is 12.1 Å². The predicted molar refractivity (Wildman–Crippen MR) is 96.6 cm³/mol. The van der Waals surface area contributed by atoms with Crippen LogP contribution in [0, 0.1) is 5.41 Å². The fraction of sp³-hybridized carbons (Fsp3) is 0.526. The van der Waals surface area contributed by atoms with E-state index in [0.717, 1.165) is 24.0 Å². The molecule has 138 valence electrons. The van der Waals surface area contributed by atoms with Gasteiger partial charge in [0.2, 0.25) is 5.91 Å². The lowest BCUT2D eigenvalue weighted by Crippen LogP contribution is -2.63. The van der Waals surface area contributed by atoms with Crippen LogP contribution in [0.1, 0.15) is 25.7 Å². The average Bonchev–Trinajstić information content (AvgIpc) is 3.08. The van der Waals surface area contributed by atoms with Gasteiger partial charge in [0.05, 0.1) is 17.4 Å². The Hall–Kier alpha value is -2.41. The molecule has 2 fully saturated rings. The van der Waals surface area contributed by atoms with Gasteiger partial charge in [0.15, 0.2) is 0 Å². The second-order valence-corrected chi connectivity index (χ2v) is 7.35. The van der Waals surface area contributed by atoms with Gasteiger partial charge >= 0.3 is 5.97 Å². The SMILES string of the molecule is O=C(CCn1cnc2ccccc21)N1CC[C@H]2NCCC[C@]2(C(=O)O)C1. The van der Waals surface area contributed by atoms with E-state index < -0.39 is 11.4 Å². The predicted octanol–water partition coefficient (Wildman–Crippen LogP) is 1.48. The van der Waals surface area contributed by atoms with Gasteiger partial charge in [0.1, 0.15) is 5.41 Å². The summed E-state index contributed by atoms with van der Waals surface area (Å²) in [6.45, 7) is 2.35. The number of likely N-dealkylation sites (tertiary alicyclic amines) is 1. The normalized spacial score (nSPS) is 25.8. The summed E-state index contributed by atoms with van der Waals surface area (Å²) in [5.41, 5.74) is 1.09. The Morgan fingerprint density at radius 3 is 3.04 bits per heavy atom. The number of carbonyl (C=O) groups is 2. The van der Waals surface area contributed by atoms with E-state index >= 15 is 0 Å². The van der Waals surface area contributed by atoms with Crippen molar-refractivity contribution < 1.29 is 14.7 Å². The number of hydrogen-bond donors (Lipinski definition) is 2. The summed E-state index contributed by atoms with van der Waals surface area (Å²) in [6, 6.07) is 7.81. The van der Waals surface area contributed by atoms with Gasteiger partial charge in [-0.05, 0) is 37.9 Å². The molecule has 7 heteroatoms. The third-order valence-electron chi connectivity index (χ3n) is 5.89. The van der Waals surface area contributed by atoms with Gasteiger partial charge in [0.25, 0.3) is 0 Å². The number of carboxylic acids is 1. The van der Waals surface area contributed by atoms with E-state index in [9.17, 15) is 14.7 Å². The molecule has 0 unspecified atom stereocenters. The van der Waals surface area contributed by atoms with Gasteiger partial charge in [-0.3, -0.25) is 9.59 Å². The zero-order chi connectivity index (χ0) is 18.1. The monoisotopic (exact) mass is 356 g/mol. The van der Waals surface area contributed by atoms with Crippen molar-refractivity contribution in [2.75, 3.05) is 19.6 Å². The minimum Gasteiger partial charge on any atom is -0.481 e. The molecule has 0 radical (unpaired) electrons. The summed E-state index contributed by atoms with van der Waals surface area (Å²) in [4.78, 5) is 30.8. The highest BCUT2D eigenvalue weighted by Crippen LogP contribution is 2.38. The first-order valence-corrected chi connectivity index (χ1v) is 9.24. The van der Waals surface area contributed by atoms with Crippen molar-refractivity contribution in [1.82, 2.24) is 19.8 Å². The molecule has 0 bridgehead atoms. The smallest absolute Gasteiger partial charge is 0.313 e. The van der Waals surface area contributed by atoms with E-state index in [1.54, 1.807) is 11.2 Å². The summed E-state index contributed by atoms with van der Waals surface area (Å²) < 4.78 is 1.98. The van der Waals surface area contributed by atoms with Gasteiger partial charge < -0.3 is 19.9 Å². The fourth-order valence-corrected chi connectivity index (χ4v) is 4.42. The molecule has 0 saturated carbocycles. The molecule has 1 amide bonds. The molecule has 0 spiro atoms. The number of hydrogen-bond acceptors (Lipinski definition) is 4. The molecule has 2 aliphatic heterocycles.